The molecule has 0 bridgehead atoms. The van der Waals surface area contributed by atoms with E-state index in [0.29, 0.717) is 32.6 Å². The van der Waals surface area contributed by atoms with Crippen molar-refractivity contribution in [2.45, 2.75) is 19.3 Å². The fourth-order valence-electron chi connectivity index (χ4n) is 2.48. The molecule has 1 aromatic heterocycles. The topological polar surface area (TPSA) is 93.2 Å². The Bertz CT molecular complexity index is 528. The van der Waals surface area contributed by atoms with E-state index < -0.39 is 10.2 Å². The van der Waals surface area contributed by atoms with Crippen LogP contribution in [0.15, 0.2) is 12.3 Å². The smallest absolute Gasteiger partial charge is 0.279 e. The van der Waals surface area contributed by atoms with Crippen LogP contribution in [-0.4, -0.2) is 48.7 Å². The van der Waals surface area contributed by atoms with E-state index in [1.807, 2.05) is 13.1 Å². The van der Waals surface area contributed by atoms with Gasteiger partial charge in [0.1, 0.15) is 0 Å². The Morgan fingerprint density at radius 2 is 2.35 bits per heavy atom. The molecule has 0 amide bonds. The molecule has 0 spiro atoms. The normalized spacial score (nSPS) is 21.2. The van der Waals surface area contributed by atoms with Crippen molar-refractivity contribution in [3.8, 4) is 0 Å². The lowest BCUT2D eigenvalue weighted by Gasteiger charge is -2.31. The molecular formula is C12H23N5O2S. The Morgan fingerprint density at radius 1 is 1.55 bits per heavy atom. The van der Waals surface area contributed by atoms with Gasteiger partial charge in [-0.3, -0.25) is 4.68 Å². The summed E-state index contributed by atoms with van der Waals surface area (Å²) in [6, 6.07) is 1.89. The number of hydrogen-bond donors (Lipinski definition) is 2. The molecule has 1 aliphatic heterocycles. The van der Waals surface area contributed by atoms with Crippen LogP contribution in [-0.2, 0) is 23.7 Å². The summed E-state index contributed by atoms with van der Waals surface area (Å²) in [5.74, 6) is 0.275. The molecule has 1 unspecified atom stereocenters. The fraction of sp³-hybridized carbons (Fsp3) is 0.750. The second-order valence-corrected chi connectivity index (χ2v) is 6.95. The maximum Gasteiger partial charge on any atom is 0.279 e. The van der Waals surface area contributed by atoms with E-state index in [9.17, 15) is 8.42 Å². The number of nitrogens with one attached hydrogen (secondary N) is 1. The molecular weight excluding hydrogens is 278 g/mol. The summed E-state index contributed by atoms with van der Waals surface area (Å²) in [4.78, 5) is 0. The van der Waals surface area contributed by atoms with Crippen LogP contribution >= 0.6 is 0 Å². The van der Waals surface area contributed by atoms with Crippen molar-refractivity contribution in [2.75, 3.05) is 26.2 Å². The van der Waals surface area contributed by atoms with Crippen LogP contribution in [0.5, 0.6) is 0 Å². The second kappa shape index (κ2) is 6.66. The van der Waals surface area contributed by atoms with Gasteiger partial charge in [-0.2, -0.15) is 17.8 Å². The number of hydrogen-bond acceptors (Lipinski definition) is 4. The summed E-state index contributed by atoms with van der Waals surface area (Å²) in [5, 5.41) is 4.06. The van der Waals surface area contributed by atoms with Crippen LogP contribution in [0.4, 0.5) is 0 Å². The monoisotopic (exact) mass is 301 g/mol. The molecule has 1 atom stereocenters. The first-order valence-corrected chi connectivity index (χ1v) is 8.38. The zero-order valence-corrected chi connectivity index (χ0v) is 12.6. The van der Waals surface area contributed by atoms with Crippen LogP contribution in [0.1, 0.15) is 18.5 Å². The summed E-state index contributed by atoms with van der Waals surface area (Å²) in [6.45, 7) is 2.03. The lowest BCUT2D eigenvalue weighted by molar-refractivity contribution is 0.269. The molecule has 1 aromatic rings. The standard InChI is InChI=1S/C12H23N5O2S/c1-16-12(4-6-14-16)5-7-15-20(18,19)17-8-2-3-11(9-13)10-17/h4,6,11,15H,2-3,5,7-10,13H2,1H3. The van der Waals surface area contributed by atoms with Crippen molar-refractivity contribution in [1.82, 2.24) is 18.8 Å². The van der Waals surface area contributed by atoms with E-state index in [0.717, 1.165) is 18.5 Å². The molecule has 0 radical (unpaired) electrons. The molecule has 8 heteroatoms. The fourth-order valence-corrected chi connectivity index (χ4v) is 3.80. The van der Waals surface area contributed by atoms with Gasteiger partial charge in [0.05, 0.1) is 0 Å². The van der Waals surface area contributed by atoms with Gasteiger partial charge in [0.15, 0.2) is 0 Å². The highest BCUT2D eigenvalue weighted by Gasteiger charge is 2.27. The Labute approximate surface area is 120 Å². The third-order valence-electron chi connectivity index (χ3n) is 3.74. The van der Waals surface area contributed by atoms with Gasteiger partial charge in [0.25, 0.3) is 10.2 Å². The van der Waals surface area contributed by atoms with Gasteiger partial charge in [-0.1, -0.05) is 0 Å². The molecule has 0 aliphatic carbocycles. The lowest BCUT2D eigenvalue weighted by Crippen LogP contribution is -2.47. The molecule has 0 saturated carbocycles. The van der Waals surface area contributed by atoms with Crippen molar-refractivity contribution in [1.29, 1.82) is 0 Å². The molecule has 2 heterocycles. The number of aryl methyl sites for hydroxylation is 1. The van der Waals surface area contributed by atoms with E-state index >= 15 is 0 Å². The van der Waals surface area contributed by atoms with E-state index in [-0.39, 0.29) is 5.92 Å². The largest absolute Gasteiger partial charge is 0.330 e. The minimum Gasteiger partial charge on any atom is -0.330 e. The maximum atomic E-state index is 12.2. The highest BCUT2D eigenvalue weighted by atomic mass is 32.2. The van der Waals surface area contributed by atoms with Gasteiger partial charge in [0, 0.05) is 45.0 Å². The highest BCUT2D eigenvalue weighted by Crippen LogP contribution is 2.17. The van der Waals surface area contributed by atoms with Crippen LogP contribution in [0.2, 0.25) is 0 Å². The van der Waals surface area contributed by atoms with Crippen molar-refractivity contribution in [3.05, 3.63) is 18.0 Å². The molecule has 2 rings (SSSR count). The number of rotatable bonds is 6. The third-order valence-corrected chi connectivity index (χ3v) is 5.32. The van der Waals surface area contributed by atoms with E-state index in [1.165, 1.54) is 4.31 Å². The molecule has 1 aliphatic rings. The number of nitrogens with zero attached hydrogens (tertiary/aromatic N) is 3. The van der Waals surface area contributed by atoms with Gasteiger partial charge < -0.3 is 5.73 Å². The molecule has 3 N–H and O–H groups in total. The lowest BCUT2D eigenvalue weighted by atomic mass is 10.0. The predicted molar refractivity (Wildman–Crippen MR) is 77.2 cm³/mol. The molecule has 20 heavy (non-hydrogen) atoms. The van der Waals surface area contributed by atoms with Gasteiger partial charge >= 0.3 is 0 Å². The SMILES string of the molecule is Cn1nccc1CCNS(=O)(=O)N1CCCC(CN)C1. The molecule has 0 aromatic carbocycles. The van der Waals surface area contributed by atoms with Crippen molar-refractivity contribution < 1.29 is 8.42 Å². The zero-order chi connectivity index (χ0) is 14.6. The Balaban J connectivity index is 1.86. The minimum absolute atomic E-state index is 0.275. The van der Waals surface area contributed by atoms with E-state index in [2.05, 4.69) is 9.82 Å². The van der Waals surface area contributed by atoms with Crippen LogP contribution in [0.25, 0.3) is 0 Å². The van der Waals surface area contributed by atoms with Gasteiger partial charge in [-0.15, -0.1) is 0 Å². The summed E-state index contributed by atoms with van der Waals surface area (Å²) in [5.41, 5.74) is 6.64. The van der Waals surface area contributed by atoms with Crippen LogP contribution < -0.4 is 10.5 Å². The Kier molecular flexibility index (Phi) is 5.14. The summed E-state index contributed by atoms with van der Waals surface area (Å²) in [6.07, 6.45) is 4.23. The second-order valence-electron chi connectivity index (χ2n) is 5.20. The van der Waals surface area contributed by atoms with E-state index in [1.54, 1.807) is 10.9 Å². The molecule has 1 saturated heterocycles. The first kappa shape index (κ1) is 15.4. The summed E-state index contributed by atoms with van der Waals surface area (Å²) >= 11 is 0. The Morgan fingerprint density at radius 3 is 3.00 bits per heavy atom. The highest BCUT2D eigenvalue weighted by molar-refractivity contribution is 7.87. The quantitative estimate of drug-likeness (QED) is 0.738. The average molecular weight is 301 g/mol. The summed E-state index contributed by atoms with van der Waals surface area (Å²) < 4.78 is 30.3. The number of nitrogens with two attached hydrogens (primary N) is 1. The van der Waals surface area contributed by atoms with Gasteiger partial charge in [-0.05, 0) is 31.4 Å². The van der Waals surface area contributed by atoms with Gasteiger partial charge in [-0.25, -0.2) is 4.72 Å². The molecule has 7 nitrogen and oxygen atoms in total. The number of aromatic nitrogens is 2. The summed E-state index contributed by atoms with van der Waals surface area (Å²) in [7, 11) is -1.55. The van der Waals surface area contributed by atoms with E-state index in [4.69, 9.17) is 5.73 Å². The predicted octanol–water partition coefficient (Wildman–Crippen LogP) is -0.532. The molecule has 1 fully saturated rings. The molecule has 114 valence electrons. The Hall–Kier alpha value is -0.960. The zero-order valence-electron chi connectivity index (χ0n) is 11.8. The van der Waals surface area contributed by atoms with Crippen LogP contribution in [0.3, 0.4) is 0 Å². The van der Waals surface area contributed by atoms with Crippen molar-refractivity contribution in [3.63, 3.8) is 0 Å². The van der Waals surface area contributed by atoms with Gasteiger partial charge in [0.2, 0.25) is 0 Å². The first-order chi connectivity index (χ1) is 9.53. The van der Waals surface area contributed by atoms with Crippen LogP contribution in [0, 0.1) is 5.92 Å². The first-order valence-electron chi connectivity index (χ1n) is 6.94. The maximum absolute atomic E-state index is 12.2. The van der Waals surface area contributed by atoms with Crippen molar-refractivity contribution in [2.24, 2.45) is 18.7 Å². The third kappa shape index (κ3) is 3.78. The number of piperidine rings is 1. The van der Waals surface area contributed by atoms with Crippen molar-refractivity contribution >= 4 is 10.2 Å². The minimum atomic E-state index is -3.39. The average Bonchev–Trinajstić information content (AvgIpc) is 2.84.